The minimum Gasteiger partial charge on any atom is -0.495 e. The Labute approximate surface area is 124 Å². The second-order valence-electron chi connectivity index (χ2n) is 4.84. The van der Waals surface area contributed by atoms with Crippen molar-refractivity contribution >= 4 is 17.4 Å². The van der Waals surface area contributed by atoms with Crippen molar-refractivity contribution in [1.29, 1.82) is 0 Å². The molecule has 1 aliphatic heterocycles. The van der Waals surface area contributed by atoms with Gasteiger partial charge in [-0.3, -0.25) is 4.79 Å². The van der Waals surface area contributed by atoms with Crippen LogP contribution in [-0.2, 0) is 9.47 Å². The van der Waals surface area contributed by atoms with E-state index in [0.29, 0.717) is 28.9 Å². The Morgan fingerprint density at radius 3 is 2.80 bits per heavy atom. The summed E-state index contributed by atoms with van der Waals surface area (Å²) >= 11 is 6.00. The molecule has 1 heterocycles. The van der Waals surface area contributed by atoms with Gasteiger partial charge in [0.05, 0.1) is 18.7 Å². The molecule has 1 aromatic rings. The average Bonchev–Trinajstić information content (AvgIpc) is 2.48. The van der Waals surface area contributed by atoms with Crippen LogP contribution in [0, 0.1) is 5.92 Å². The molecule has 0 spiro atoms. The normalized spacial score (nSPS) is 16.1. The van der Waals surface area contributed by atoms with Crippen LogP contribution < -0.4 is 4.74 Å². The molecule has 1 saturated heterocycles. The predicted molar refractivity (Wildman–Crippen MR) is 76.7 cm³/mol. The number of Topliss-reactive ketones (excluding diaryl/α,β-unsaturated/α-hetero) is 1. The van der Waals surface area contributed by atoms with Crippen molar-refractivity contribution in [2.45, 2.75) is 12.8 Å². The molecule has 1 fully saturated rings. The van der Waals surface area contributed by atoms with E-state index >= 15 is 0 Å². The molecule has 0 atom stereocenters. The first-order valence-corrected chi connectivity index (χ1v) is 7.10. The lowest BCUT2D eigenvalue weighted by molar-refractivity contribution is 0.0216. The Morgan fingerprint density at radius 2 is 2.15 bits per heavy atom. The van der Waals surface area contributed by atoms with Gasteiger partial charge in [0.15, 0.2) is 5.78 Å². The van der Waals surface area contributed by atoms with Gasteiger partial charge in [-0.15, -0.1) is 0 Å². The third-order valence-corrected chi connectivity index (χ3v) is 3.70. The molecule has 2 rings (SSSR count). The fourth-order valence-electron chi connectivity index (χ4n) is 2.15. The van der Waals surface area contributed by atoms with Crippen LogP contribution >= 0.6 is 11.6 Å². The molecule has 5 heteroatoms. The first-order valence-electron chi connectivity index (χ1n) is 6.73. The minimum atomic E-state index is -0.0680. The molecule has 20 heavy (non-hydrogen) atoms. The Hall–Kier alpha value is -1.10. The van der Waals surface area contributed by atoms with Crippen LogP contribution in [0.5, 0.6) is 5.75 Å². The number of rotatable bonds is 6. The molecule has 110 valence electrons. The van der Waals surface area contributed by atoms with Crippen molar-refractivity contribution in [1.82, 2.24) is 0 Å². The monoisotopic (exact) mass is 298 g/mol. The van der Waals surface area contributed by atoms with Crippen molar-refractivity contribution in [3.63, 3.8) is 0 Å². The van der Waals surface area contributed by atoms with Gasteiger partial charge in [0.2, 0.25) is 0 Å². The zero-order valence-electron chi connectivity index (χ0n) is 11.6. The summed E-state index contributed by atoms with van der Waals surface area (Å²) in [4.78, 5) is 12.0. The molecule has 0 radical (unpaired) electrons. The zero-order chi connectivity index (χ0) is 14.4. The van der Waals surface area contributed by atoms with Crippen LogP contribution in [-0.4, -0.2) is 39.3 Å². The smallest absolute Gasteiger partial charge is 0.188 e. The predicted octanol–water partition coefficient (Wildman–Crippen LogP) is 2.97. The number of carbonyl (C=O) groups is 1. The first-order chi connectivity index (χ1) is 9.70. The van der Waals surface area contributed by atoms with Gasteiger partial charge in [0.25, 0.3) is 0 Å². The van der Waals surface area contributed by atoms with E-state index in [0.717, 1.165) is 26.1 Å². The number of hydrogen-bond donors (Lipinski definition) is 0. The van der Waals surface area contributed by atoms with Gasteiger partial charge in [-0.1, -0.05) is 11.6 Å². The maximum absolute atomic E-state index is 12.0. The SMILES string of the molecule is COc1ccc(C(=O)COCC2CCOCC2)cc1Cl. The molecular formula is C15H19ClO4. The van der Waals surface area contributed by atoms with Crippen LogP contribution in [0.15, 0.2) is 18.2 Å². The third-order valence-electron chi connectivity index (χ3n) is 3.40. The van der Waals surface area contributed by atoms with E-state index in [1.807, 2.05) is 0 Å². The van der Waals surface area contributed by atoms with Crippen LogP contribution in [0.25, 0.3) is 0 Å². The lowest BCUT2D eigenvalue weighted by atomic mass is 10.0. The maximum atomic E-state index is 12.0. The van der Waals surface area contributed by atoms with Crippen LogP contribution in [0.2, 0.25) is 5.02 Å². The van der Waals surface area contributed by atoms with E-state index in [4.69, 9.17) is 25.8 Å². The highest BCUT2D eigenvalue weighted by atomic mass is 35.5. The third kappa shape index (κ3) is 4.20. The van der Waals surface area contributed by atoms with Gasteiger partial charge in [0, 0.05) is 18.8 Å². The van der Waals surface area contributed by atoms with E-state index in [9.17, 15) is 4.79 Å². The molecule has 0 unspecified atom stereocenters. The number of halogens is 1. The van der Waals surface area contributed by atoms with Gasteiger partial charge in [-0.2, -0.15) is 0 Å². The largest absolute Gasteiger partial charge is 0.495 e. The number of ketones is 1. The van der Waals surface area contributed by atoms with Crippen molar-refractivity contribution < 1.29 is 19.0 Å². The Balaban J connectivity index is 1.80. The van der Waals surface area contributed by atoms with E-state index in [1.54, 1.807) is 25.3 Å². The van der Waals surface area contributed by atoms with E-state index in [-0.39, 0.29) is 12.4 Å². The quantitative estimate of drug-likeness (QED) is 0.757. The fraction of sp³-hybridized carbons (Fsp3) is 0.533. The summed E-state index contributed by atoms with van der Waals surface area (Å²) in [5.41, 5.74) is 0.544. The van der Waals surface area contributed by atoms with Crippen LogP contribution in [0.3, 0.4) is 0 Å². The lowest BCUT2D eigenvalue weighted by Gasteiger charge is -2.21. The first kappa shape index (κ1) is 15.3. The zero-order valence-corrected chi connectivity index (χ0v) is 12.3. The highest BCUT2D eigenvalue weighted by molar-refractivity contribution is 6.32. The average molecular weight is 299 g/mol. The molecule has 0 saturated carbocycles. The standard InChI is InChI=1S/C15H19ClO4/c1-18-15-3-2-12(8-13(15)16)14(17)10-20-9-11-4-6-19-7-5-11/h2-3,8,11H,4-7,9-10H2,1H3. The number of hydrogen-bond acceptors (Lipinski definition) is 4. The molecule has 0 N–H and O–H groups in total. The van der Waals surface area contributed by atoms with Crippen molar-refractivity contribution in [3.8, 4) is 5.75 Å². The summed E-state index contributed by atoms with van der Waals surface area (Å²) in [6.45, 7) is 2.27. The van der Waals surface area contributed by atoms with Gasteiger partial charge in [0.1, 0.15) is 12.4 Å². The second-order valence-corrected chi connectivity index (χ2v) is 5.25. The second kappa shape index (κ2) is 7.62. The van der Waals surface area contributed by atoms with E-state index in [1.165, 1.54) is 0 Å². The summed E-state index contributed by atoms with van der Waals surface area (Å²) in [5.74, 6) is 0.990. The van der Waals surface area contributed by atoms with Crippen LogP contribution in [0.1, 0.15) is 23.2 Å². The number of methoxy groups -OCH3 is 1. The van der Waals surface area contributed by atoms with Crippen molar-refractivity contribution in [3.05, 3.63) is 28.8 Å². The van der Waals surface area contributed by atoms with Crippen molar-refractivity contribution in [2.75, 3.05) is 33.5 Å². The van der Waals surface area contributed by atoms with E-state index < -0.39 is 0 Å². The molecule has 1 aliphatic rings. The Bertz CT molecular complexity index is 455. The van der Waals surface area contributed by atoms with E-state index in [2.05, 4.69) is 0 Å². The lowest BCUT2D eigenvalue weighted by Crippen LogP contribution is -2.21. The summed E-state index contributed by atoms with van der Waals surface area (Å²) in [6.07, 6.45) is 2.01. The minimum absolute atomic E-state index is 0.0680. The molecule has 0 aliphatic carbocycles. The number of carbonyl (C=O) groups excluding carboxylic acids is 1. The molecule has 0 aromatic heterocycles. The highest BCUT2D eigenvalue weighted by Gasteiger charge is 2.15. The molecule has 0 amide bonds. The van der Waals surface area contributed by atoms with Gasteiger partial charge in [-0.25, -0.2) is 0 Å². The van der Waals surface area contributed by atoms with Crippen LogP contribution in [0.4, 0.5) is 0 Å². The number of ether oxygens (including phenoxy) is 3. The number of benzene rings is 1. The summed E-state index contributed by atoms with van der Waals surface area (Å²) in [6, 6.07) is 5.00. The maximum Gasteiger partial charge on any atom is 0.188 e. The molecule has 0 bridgehead atoms. The molecule has 4 nitrogen and oxygen atoms in total. The molecule has 1 aromatic carbocycles. The van der Waals surface area contributed by atoms with Gasteiger partial charge in [-0.05, 0) is 37.0 Å². The molecular weight excluding hydrogens is 280 g/mol. The summed E-state index contributed by atoms with van der Waals surface area (Å²) in [7, 11) is 1.54. The Morgan fingerprint density at radius 1 is 1.40 bits per heavy atom. The summed E-state index contributed by atoms with van der Waals surface area (Å²) < 4.78 is 15.8. The topological polar surface area (TPSA) is 44.8 Å². The highest BCUT2D eigenvalue weighted by Crippen LogP contribution is 2.25. The van der Waals surface area contributed by atoms with Crippen molar-refractivity contribution in [2.24, 2.45) is 5.92 Å². The summed E-state index contributed by atoms with van der Waals surface area (Å²) in [5, 5.41) is 0.433. The van der Waals surface area contributed by atoms with Gasteiger partial charge < -0.3 is 14.2 Å². The Kier molecular flexibility index (Phi) is 5.83. The van der Waals surface area contributed by atoms with Gasteiger partial charge >= 0.3 is 0 Å². The fourth-order valence-corrected chi connectivity index (χ4v) is 2.41.